The summed E-state index contributed by atoms with van der Waals surface area (Å²) >= 11 is 1.59. The van der Waals surface area contributed by atoms with Gasteiger partial charge in [0.25, 0.3) is 0 Å². The summed E-state index contributed by atoms with van der Waals surface area (Å²) in [4.78, 5) is 16.6. The predicted molar refractivity (Wildman–Crippen MR) is 123 cm³/mol. The lowest BCUT2D eigenvalue weighted by Crippen LogP contribution is -2.44. The monoisotopic (exact) mass is 418 g/mol. The van der Waals surface area contributed by atoms with Gasteiger partial charge in [-0.25, -0.2) is 15.0 Å². The average Bonchev–Trinajstić information content (AvgIpc) is 3.43. The molecule has 2 aliphatic heterocycles. The molecule has 0 saturated carbocycles. The molecule has 3 unspecified atom stereocenters. The van der Waals surface area contributed by atoms with Crippen LogP contribution in [-0.4, -0.2) is 46.4 Å². The molecule has 2 bridgehead atoms. The summed E-state index contributed by atoms with van der Waals surface area (Å²) in [7, 11) is 0. The third kappa shape index (κ3) is 3.87. The molecule has 0 aliphatic carbocycles. The highest BCUT2D eigenvalue weighted by molar-refractivity contribution is 7.98. The molecule has 2 N–H and O–H groups in total. The molecule has 5 rings (SSSR count). The van der Waals surface area contributed by atoms with Crippen molar-refractivity contribution in [2.24, 2.45) is 0 Å². The van der Waals surface area contributed by atoms with Crippen LogP contribution in [0.25, 0.3) is 11.3 Å². The predicted octanol–water partition coefficient (Wildman–Crippen LogP) is 3.98. The van der Waals surface area contributed by atoms with Gasteiger partial charge in [-0.1, -0.05) is 42.1 Å². The Morgan fingerprint density at radius 2 is 2.03 bits per heavy atom. The van der Waals surface area contributed by atoms with Crippen LogP contribution in [0.1, 0.15) is 24.9 Å². The van der Waals surface area contributed by atoms with Crippen molar-refractivity contribution in [3.8, 4) is 11.3 Å². The van der Waals surface area contributed by atoms with Gasteiger partial charge in [0.2, 0.25) is 0 Å². The Bertz CT molecular complexity index is 1030. The van der Waals surface area contributed by atoms with Gasteiger partial charge in [0.1, 0.15) is 11.6 Å². The maximum absolute atomic E-state index is 4.81. The summed E-state index contributed by atoms with van der Waals surface area (Å²) < 4.78 is 0. The fraction of sp³-hybridized carbons (Fsp3) is 0.348. The minimum absolute atomic E-state index is 0.171. The lowest BCUT2D eigenvalue weighted by molar-refractivity contribution is 0.574. The molecule has 0 amide bonds. The third-order valence-electron chi connectivity index (χ3n) is 5.95. The first-order valence-electron chi connectivity index (χ1n) is 10.4. The average molecular weight is 419 g/mol. The van der Waals surface area contributed by atoms with Crippen molar-refractivity contribution in [1.29, 1.82) is 0 Å². The van der Waals surface area contributed by atoms with Crippen LogP contribution in [0.15, 0.2) is 59.9 Å². The molecule has 2 fully saturated rings. The van der Waals surface area contributed by atoms with Gasteiger partial charge in [0.15, 0.2) is 5.16 Å². The van der Waals surface area contributed by atoms with E-state index >= 15 is 0 Å². The summed E-state index contributed by atoms with van der Waals surface area (Å²) in [5, 5.41) is 7.88. The number of piperazine rings is 1. The van der Waals surface area contributed by atoms with Crippen LogP contribution in [0.5, 0.6) is 0 Å². The van der Waals surface area contributed by atoms with Crippen LogP contribution >= 0.6 is 11.8 Å². The summed E-state index contributed by atoms with van der Waals surface area (Å²) in [5.41, 5.74) is 3.23. The first kappa shape index (κ1) is 19.3. The molecule has 3 aromatic rings. The zero-order valence-corrected chi connectivity index (χ0v) is 18.1. The molecule has 6 nitrogen and oxygen atoms in total. The Hall–Kier alpha value is -2.64. The molecule has 3 atom stereocenters. The molecular weight excluding hydrogens is 392 g/mol. The SMILES string of the molecule is CSc1nc(-c2ccnc(NC(C)c3ccccc3)c2)cc(N2CC3CC2CN3)n1. The smallest absolute Gasteiger partial charge is 0.189 e. The molecule has 2 saturated heterocycles. The van der Waals surface area contributed by atoms with Gasteiger partial charge in [-0.2, -0.15) is 0 Å². The van der Waals surface area contributed by atoms with E-state index in [2.05, 4.69) is 63.8 Å². The molecule has 30 heavy (non-hydrogen) atoms. The third-order valence-corrected chi connectivity index (χ3v) is 6.49. The molecule has 1 aromatic carbocycles. The van der Waals surface area contributed by atoms with E-state index < -0.39 is 0 Å². The number of rotatable bonds is 6. The lowest BCUT2D eigenvalue weighted by atomic mass is 10.1. The number of anilines is 2. The normalized spacial score (nSPS) is 21.1. The van der Waals surface area contributed by atoms with Gasteiger partial charge in [-0.05, 0) is 37.3 Å². The standard InChI is InChI=1S/C23H26N6S/c1-15(16-6-4-3-5-7-16)26-21-10-17(8-9-24-21)20-12-22(28-23(27-20)30-2)29-14-18-11-19(29)13-25-18/h3-10,12,15,18-19,25H,11,13-14H2,1-2H3,(H,24,26). The number of hydrogen-bond acceptors (Lipinski definition) is 7. The molecule has 154 valence electrons. The molecule has 2 aromatic heterocycles. The topological polar surface area (TPSA) is 66.0 Å². The van der Waals surface area contributed by atoms with Crippen molar-refractivity contribution in [3.05, 3.63) is 60.3 Å². The Morgan fingerprint density at radius 1 is 1.17 bits per heavy atom. The van der Waals surface area contributed by atoms with E-state index in [0.29, 0.717) is 12.1 Å². The van der Waals surface area contributed by atoms with Gasteiger partial charge in [-0.3, -0.25) is 0 Å². The first-order chi connectivity index (χ1) is 14.7. The van der Waals surface area contributed by atoms with Crippen LogP contribution in [0, 0.1) is 0 Å². The van der Waals surface area contributed by atoms with E-state index in [4.69, 9.17) is 9.97 Å². The molecule has 4 heterocycles. The van der Waals surface area contributed by atoms with E-state index in [0.717, 1.165) is 41.1 Å². The minimum Gasteiger partial charge on any atom is -0.364 e. The largest absolute Gasteiger partial charge is 0.364 e. The van der Waals surface area contributed by atoms with Gasteiger partial charge in [0, 0.05) is 49.0 Å². The van der Waals surface area contributed by atoms with Crippen LogP contribution in [0.4, 0.5) is 11.6 Å². The van der Waals surface area contributed by atoms with Crippen molar-refractivity contribution in [2.45, 2.75) is 36.6 Å². The fourth-order valence-electron chi connectivity index (χ4n) is 4.36. The molecular formula is C23H26N6S. The second kappa shape index (κ2) is 8.24. The van der Waals surface area contributed by atoms with Crippen molar-refractivity contribution >= 4 is 23.4 Å². The van der Waals surface area contributed by atoms with E-state index in [1.165, 1.54) is 12.0 Å². The van der Waals surface area contributed by atoms with Crippen LogP contribution in [0.3, 0.4) is 0 Å². The van der Waals surface area contributed by atoms with Gasteiger partial charge in [-0.15, -0.1) is 0 Å². The van der Waals surface area contributed by atoms with E-state index in [1.807, 2.05) is 24.6 Å². The number of hydrogen-bond donors (Lipinski definition) is 2. The van der Waals surface area contributed by atoms with Crippen LogP contribution in [-0.2, 0) is 0 Å². The van der Waals surface area contributed by atoms with Gasteiger partial charge >= 0.3 is 0 Å². The lowest BCUT2D eigenvalue weighted by Gasteiger charge is -2.28. The Kier molecular flexibility index (Phi) is 5.31. The second-order valence-electron chi connectivity index (χ2n) is 7.95. The van der Waals surface area contributed by atoms with Crippen molar-refractivity contribution in [1.82, 2.24) is 20.3 Å². The van der Waals surface area contributed by atoms with Crippen LogP contribution < -0.4 is 15.5 Å². The van der Waals surface area contributed by atoms with Crippen LogP contribution in [0.2, 0.25) is 0 Å². The number of thioether (sulfide) groups is 1. The van der Waals surface area contributed by atoms with Gasteiger partial charge in [0.05, 0.1) is 5.69 Å². The van der Waals surface area contributed by atoms with Crippen molar-refractivity contribution in [3.63, 3.8) is 0 Å². The zero-order valence-electron chi connectivity index (χ0n) is 17.2. The number of nitrogens with zero attached hydrogens (tertiary/aromatic N) is 4. The number of fused-ring (bicyclic) bond motifs is 2. The van der Waals surface area contributed by atoms with Crippen molar-refractivity contribution < 1.29 is 0 Å². The Morgan fingerprint density at radius 3 is 2.77 bits per heavy atom. The highest BCUT2D eigenvalue weighted by Gasteiger charge is 2.38. The van der Waals surface area contributed by atoms with Gasteiger partial charge < -0.3 is 15.5 Å². The number of pyridine rings is 1. The highest BCUT2D eigenvalue weighted by atomic mass is 32.2. The Balaban J connectivity index is 1.42. The molecule has 2 aliphatic rings. The Labute approximate surface area is 181 Å². The second-order valence-corrected chi connectivity index (χ2v) is 8.73. The number of nitrogens with one attached hydrogen (secondary N) is 2. The molecule has 7 heteroatoms. The maximum Gasteiger partial charge on any atom is 0.189 e. The van der Waals surface area contributed by atoms with Crippen molar-refractivity contribution in [2.75, 3.05) is 29.6 Å². The summed E-state index contributed by atoms with van der Waals surface area (Å²) in [6.45, 7) is 4.21. The number of aromatic nitrogens is 3. The quantitative estimate of drug-likeness (QED) is 0.464. The zero-order chi connectivity index (χ0) is 20.5. The maximum atomic E-state index is 4.81. The summed E-state index contributed by atoms with van der Waals surface area (Å²) in [6.07, 6.45) is 5.08. The summed E-state index contributed by atoms with van der Waals surface area (Å²) in [6, 6.07) is 17.9. The molecule has 0 spiro atoms. The first-order valence-corrected chi connectivity index (χ1v) is 11.6. The minimum atomic E-state index is 0.171. The molecule has 0 radical (unpaired) electrons. The van der Waals surface area contributed by atoms with E-state index in [1.54, 1.807) is 11.8 Å². The van der Waals surface area contributed by atoms with E-state index in [-0.39, 0.29) is 6.04 Å². The fourth-order valence-corrected chi connectivity index (χ4v) is 4.73. The van der Waals surface area contributed by atoms with E-state index in [9.17, 15) is 0 Å². The summed E-state index contributed by atoms with van der Waals surface area (Å²) in [5.74, 6) is 1.88. The number of benzene rings is 1. The highest BCUT2D eigenvalue weighted by Crippen LogP contribution is 2.32.